The van der Waals surface area contributed by atoms with Crippen LogP contribution in [0.1, 0.15) is 34.6 Å². The molecule has 2 N–H and O–H groups in total. The normalized spacial score (nSPS) is 14.2. The minimum atomic E-state index is -0.426. The summed E-state index contributed by atoms with van der Waals surface area (Å²) in [6.07, 6.45) is 3.11. The summed E-state index contributed by atoms with van der Waals surface area (Å²) in [5, 5.41) is 0. The molecule has 0 saturated heterocycles. The number of aromatic nitrogens is 2. The lowest BCUT2D eigenvalue weighted by atomic mass is 10.1. The Kier molecular flexibility index (Phi) is 2.85. The molecule has 1 amide bonds. The first-order chi connectivity index (χ1) is 9.16. The molecule has 19 heavy (non-hydrogen) atoms. The molecule has 1 aromatic heterocycles. The molecule has 0 atom stereocenters. The zero-order valence-corrected chi connectivity index (χ0v) is 11.0. The van der Waals surface area contributed by atoms with Gasteiger partial charge in [0.15, 0.2) is 0 Å². The summed E-state index contributed by atoms with van der Waals surface area (Å²) >= 11 is 0. The van der Waals surface area contributed by atoms with E-state index in [1.54, 1.807) is 0 Å². The van der Waals surface area contributed by atoms with Gasteiger partial charge in [-0.1, -0.05) is 23.8 Å². The number of nitrogens with zero attached hydrogens (tertiary/aromatic N) is 2. The Morgan fingerprint density at radius 3 is 2.95 bits per heavy atom. The van der Waals surface area contributed by atoms with E-state index in [1.807, 2.05) is 12.1 Å². The highest BCUT2D eigenvalue weighted by atomic mass is 16.1. The Morgan fingerprint density at radius 2 is 2.21 bits per heavy atom. The first-order valence-corrected chi connectivity index (χ1v) is 6.63. The van der Waals surface area contributed by atoms with Gasteiger partial charge in [-0.3, -0.25) is 4.79 Å². The van der Waals surface area contributed by atoms with Crippen molar-refractivity contribution < 1.29 is 4.79 Å². The molecule has 0 fully saturated rings. The Morgan fingerprint density at radius 1 is 1.37 bits per heavy atom. The van der Waals surface area contributed by atoms with E-state index < -0.39 is 5.91 Å². The number of nitrogens with two attached hydrogens (primary N) is 1. The number of hydrogen-bond donors (Lipinski definition) is 1. The highest BCUT2D eigenvalue weighted by Crippen LogP contribution is 2.27. The number of rotatable bonds is 2. The summed E-state index contributed by atoms with van der Waals surface area (Å²) in [4.78, 5) is 16.0. The van der Waals surface area contributed by atoms with E-state index in [4.69, 9.17) is 5.73 Å². The number of fused-ring (bicyclic) bond motifs is 1. The molecular weight excluding hydrogens is 238 g/mol. The summed E-state index contributed by atoms with van der Waals surface area (Å²) in [6, 6.07) is 8.19. The van der Waals surface area contributed by atoms with Crippen LogP contribution in [0.4, 0.5) is 0 Å². The van der Waals surface area contributed by atoms with Crippen molar-refractivity contribution in [1.29, 1.82) is 0 Å². The maximum Gasteiger partial charge on any atom is 0.269 e. The molecule has 4 nitrogen and oxygen atoms in total. The van der Waals surface area contributed by atoms with E-state index in [0.717, 1.165) is 42.9 Å². The zero-order chi connectivity index (χ0) is 13.4. The van der Waals surface area contributed by atoms with Gasteiger partial charge in [-0.05, 0) is 32.3 Å². The predicted octanol–water partition coefficient (Wildman–Crippen LogP) is 2.29. The van der Waals surface area contributed by atoms with Crippen LogP contribution in [0.3, 0.4) is 0 Å². The van der Waals surface area contributed by atoms with Gasteiger partial charge in [-0.15, -0.1) is 0 Å². The maximum absolute atomic E-state index is 11.5. The third-order valence-electron chi connectivity index (χ3n) is 3.63. The molecule has 0 aliphatic carbocycles. The van der Waals surface area contributed by atoms with Crippen molar-refractivity contribution in [2.45, 2.75) is 32.7 Å². The van der Waals surface area contributed by atoms with E-state index in [0.29, 0.717) is 5.69 Å². The average molecular weight is 255 g/mol. The Labute approximate surface area is 112 Å². The molecule has 0 bridgehead atoms. The van der Waals surface area contributed by atoms with Crippen LogP contribution in [-0.2, 0) is 13.0 Å². The number of carbonyl (C=O) groups is 1. The average Bonchev–Trinajstić information content (AvgIpc) is 2.78. The second-order valence-electron chi connectivity index (χ2n) is 5.07. The SMILES string of the molecule is Cc1cccc(-c2nc(C(N)=O)c3n2CCCC3)c1. The molecule has 2 aromatic rings. The molecule has 3 rings (SSSR count). The molecule has 1 aliphatic heterocycles. The molecule has 0 spiro atoms. The predicted molar refractivity (Wildman–Crippen MR) is 73.9 cm³/mol. The number of aryl methyl sites for hydroxylation is 1. The topological polar surface area (TPSA) is 60.9 Å². The quantitative estimate of drug-likeness (QED) is 0.895. The molecule has 98 valence electrons. The highest BCUT2D eigenvalue weighted by Gasteiger charge is 2.23. The fourth-order valence-corrected chi connectivity index (χ4v) is 2.74. The van der Waals surface area contributed by atoms with Gasteiger partial charge in [0.2, 0.25) is 0 Å². The Balaban J connectivity index is 2.19. The van der Waals surface area contributed by atoms with Crippen molar-refractivity contribution in [3.8, 4) is 11.4 Å². The van der Waals surface area contributed by atoms with Crippen LogP contribution < -0.4 is 5.73 Å². The van der Waals surface area contributed by atoms with Crippen molar-refractivity contribution in [2.24, 2.45) is 5.73 Å². The van der Waals surface area contributed by atoms with E-state index in [-0.39, 0.29) is 0 Å². The molecular formula is C15H17N3O. The van der Waals surface area contributed by atoms with Gasteiger partial charge in [0.1, 0.15) is 11.5 Å². The summed E-state index contributed by atoms with van der Waals surface area (Å²) < 4.78 is 2.15. The number of hydrogen-bond acceptors (Lipinski definition) is 2. The van der Waals surface area contributed by atoms with Crippen LogP contribution in [0.25, 0.3) is 11.4 Å². The van der Waals surface area contributed by atoms with Crippen molar-refractivity contribution in [3.63, 3.8) is 0 Å². The Hall–Kier alpha value is -2.10. The number of carbonyl (C=O) groups excluding carboxylic acids is 1. The number of primary amides is 1. The maximum atomic E-state index is 11.5. The molecule has 0 radical (unpaired) electrons. The smallest absolute Gasteiger partial charge is 0.269 e. The second-order valence-corrected chi connectivity index (χ2v) is 5.07. The number of benzene rings is 1. The standard InChI is InChI=1S/C15H17N3O/c1-10-5-4-6-11(9-10)15-17-13(14(16)19)12-7-2-3-8-18(12)15/h4-6,9H,2-3,7-8H2,1H3,(H2,16,19). The molecule has 0 saturated carbocycles. The van der Waals surface area contributed by atoms with Crippen LogP contribution in [0.15, 0.2) is 24.3 Å². The van der Waals surface area contributed by atoms with Gasteiger partial charge in [0.05, 0.1) is 5.69 Å². The van der Waals surface area contributed by atoms with E-state index in [9.17, 15) is 4.79 Å². The minimum Gasteiger partial charge on any atom is -0.364 e. The van der Waals surface area contributed by atoms with Gasteiger partial charge in [0.25, 0.3) is 5.91 Å². The molecule has 1 aromatic carbocycles. The molecule has 4 heteroatoms. The summed E-state index contributed by atoms with van der Waals surface area (Å²) in [5.41, 5.74) is 9.12. The van der Waals surface area contributed by atoms with Crippen LogP contribution >= 0.6 is 0 Å². The lowest BCUT2D eigenvalue weighted by molar-refractivity contribution is 0.0994. The number of imidazole rings is 1. The summed E-state index contributed by atoms with van der Waals surface area (Å²) in [5.74, 6) is 0.441. The van der Waals surface area contributed by atoms with Crippen molar-refractivity contribution in [3.05, 3.63) is 41.2 Å². The first-order valence-electron chi connectivity index (χ1n) is 6.63. The zero-order valence-electron chi connectivity index (χ0n) is 11.0. The second kappa shape index (κ2) is 4.53. The fourth-order valence-electron chi connectivity index (χ4n) is 2.74. The van der Waals surface area contributed by atoms with Gasteiger partial charge >= 0.3 is 0 Å². The molecule has 1 aliphatic rings. The van der Waals surface area contributed by atoms with Crippen molar-refractivity contribution >= 4 is 5.91 Å². The van der Waals surface area contributed by atoms with E-state index in [1.165, 1.54) is 5.56 Å². The van der Waals surface area contributed by atoms with Crippen LogP contribution in [0.2, 0.25) is 0 Å². The lowest BCUT2D eigenvalue weighted by Crippen LogP contribution is -2.17. The van der Waals surface area contributed by atoms with Crippen LogP contribution in [-0.4, -0.2) is 15.5 Å². The first kappa shape index (κ1) is 12.0. The van der Waals surface area contributed by atoms with Gasteiger partial charge in [-0.2, -0.15) is 0 Å². The third kappa shape index (κ3) is 2.03. The highest BCUT2D eigenvalue weighted by molar-refractivity contribution is 5.93. The van der Waals surface area contributed by atoms with E-state index >= 15 is 0 Å². The van der Waals surface area contributed by atoms with Crippen molar-refractivity contribution in [1.82, 2.24) is 9.55 Å². The molecule has 2 heterocycles. The Bertz CT molecular complexity index is 643. The van der Waals surface area contributed by atoms with Gasteiger partial charge in [0, 0.05) is 12.1 Å². The van der Waals surface area contributed by atoms with Gasteiger partial charge < -0.3 is 10.3 Å². The monoisotopic (exact) mass is 255 g/mol. The minimum absolute atomic E-state index is 0.426. The third-order valence-corrected chi connectivity index (χ3v) is 3.63. The summed E-state index contributed by atoms with van der Waals surface area (Å²) in [6.45, 7) is 2.97. The molecule has 0 unspecified atom stereocenters. The lowest BCUT2D eigenvalue weighted by Gasteiger charge is -2.17. The largest absolute Gasteiger partial charge is 0.364 e. The van der Waals surface area contributed by atoms with Crippen LogP contribution in [0.5, 0.6) is 0 Å². The van der Waals surface area contributed by atoms with E-state index in [2.05, 4.69) is 28.6 Å². The van der Waals surface area contributed by atoms with Crippen molar-refractivity contribution in [2.75, 3.05) is 0 Å². The number of amides is 1. The van der Waals surface area contributed by atoms with Crippen LogP contribution in [0, 0.1) is 6.92 Å². The fraction of sp³-hybridized carbons (Fsp3) is 0.333. The summed E-state index contributed by atoms with van der Waals surface area (Å²) in [7, 11) is 0. The van der Waals surface area contributed by atoms with Gasteiger partial charge in [-0.25, -0.2) is 4.98 Å².